The summed E-state index contributed by atoms with van der Waals surface area (Å²) in [5, 5.41) is 9.77. The Labute approximate surface area is 188 Å². The summed E-state index contributed by atoms with van der Waals surface area (Å²) in [6, 6.07) is 6.14. The zero-order valence-electron chi connectivity index (χ0n) is 17.3. The molecule has 3 aromatic rings. The molecule has 5 rings (SSSR count). The zero-order valence-corrected chi connectivity index (χ0v) is 18.1. The maximum absolute atomic E-state index is 13.0. The van der Waals surface area contributed by atoms with Crippen LogP contribution < -0.4 is 9.64 Å². The Morgan fingerprint density at radius 1 is 1.19 bits per heavy atom. The van der Waals surface area contributed by atoms with E-state index in [2.05, 4.69) is 21.0 Å². The number of carbonyl (C=O) groups is 1. The third-order valence-corrected chi connectivity index (χ3v) is 6.73. The smallest absolute Gasteiger partial charge is 0.407 e. The number of amides is 1. The highest BCUT2D eigenvalue weighted by molar-refractivity contribution is 7.20. The van der Waals surface area contributed by atoms with Gasteiger partial charge in [0.05, 0.1) is 22.6 Å². The Kier molecular flexibility index (Phi) is 5.60. The molecule has 32 heavy (non-hydrogen) atoms. The maximum Gasteiger partial charge on any atom is 0.407 e. The van der Waals surface area contributed by atoms with Gasteiger partial charge in [-0.3, -0.25) is 0 Å². The van der Waals surface area contributed by atoms with Gasteiger partial charge >= 0.3 is 6.09 Å². The number of fused-ring (bicyclic) bond motifs is 1. The van der Waals surface area contributed by atoms with Gasteiger partial charge in [0.15, 0.2) is 5.82 Å². The number of aromatic nitrogens is 3. The second kappa shape index (κ2) is 8.70. The topological polar surface area (TPSA) is 91.7 Å². The number of benzene rings is 1. The molecule has 4 heterocycles. The Balaban J connectivity index is 1.22. The van der Waals surface area contributed by atoms with Gasteiger partial charge in [-0.25, -0.2) is 24.1 Å². The van der Waals surface area contributed by atoms with Crippen molar-refractivity contribution in [2.45, 2.75) is 25.4 Å². The van der Waals surface area contributed by atoms with E-state index in [-0.39, 0.29) is 6.10 Å². The van der Waals surface area contributed by atoms with Crippen molar-refractivity contribution in [3.8, 4) is 5.19 Å². The number of hydrogen-bond donors (Lipinski definition) is 1. The highest BCUT2D eigenvalue weighted by Crippen LogP contribution is 2.33. The largest absolute Gasteiger partial charge is 0.467 e. The fourth-order valence-corrected chi connectivity index (χ4v) is 4.96. The molecular weight excluding hydrogens is 433 g/mol. The van der Waals surface area contributed by atoms with Gasteiger partial charge in [0, 0.05) is 39.0 Å². The van der Waals surface area contributed by atoms with E-state index in [1.807, 2.05) is 23.1 Å². The van der Waals surface area contributed by atoms with Crippen LogP contribution in [-0.2, 0) is 0 Å². The molecule has 0 atom stereocenters. The lowest BCUT2D eigenvalue weighted by atomic mass is 9.99. The highest BCUT2D eigenvalue weighted by Gasteiger charge is 2.23. The van der Waals surface area contributed by atoms with Crippen LogP contribution in [0.2, 0.25) is 0 Å². The molecule has 0 unspecified atom stereocenters. The summed E-state index contributed by atoms with van der Waals surface area (Å²) in [4.78, 5) is 27.3. The number of ether oxygens (including phenoxy) is 1. The van der Waals surface area contributed by atoms with Gasteiger partial charge in [0.25, 0.3) is 5.19 Å². The van der Waals surface area contributed by atoms with E-state index in [4.69, 9.17) is 9.84 Å². The van der Waals surface area contributed by atoms with Gasteiger partial charge in [0.2, 0.25) is 5.95 Å². The predicted molar refractivity (Wildman–Crippen MR) is 120 cm³/mol. The molecule has 0 spiro atoms. The Morgan fingerprint density at radius 3 is 2.66 bits per heavy atom. The van der Waals surface area contributed by atoms with Crippen LogP contribution in [0, 0.1) is 5.82 Å². The van der Waals surface area contributed by atoms with Crippen molar-refractivity contribution < 1.29 is 19.0 Å². The lowest BCUT2D eigenvalue weighted by Gasteiger charge is -2.31. The molecule has 1 fully saturated rings. The normalized spacial score (nSPS) is 17.5. The van der Waals surface area contributed by atoms with Crippen LogP contribution in [0.4, 0.5) is 15.1 Å². The van der Waals surface area contributed by atoms with Gasteiger partial charge in [-0.2, -0.15) is 0 Å². The summed E-state index contributed by atoms with van der Waals surface area (Å²) in [5.74, 6) is 0.105. The van der Waals surface area contributed by atoms with Crippen molar-refractivity contribution >= 4 is 39.2 Å². The van der Waals surface area contributed by atoms with E-state index in [0.717, 1.165) is 47.3 Å². The molecule has 8 nitrogen and oxygen atoms in total. The lowest BCUT2D eigenvalue weighted by Crippen LogP contribution is -2.39. The zero-order chi connectivity index (χ0) is 22.1. The maximum atomic E-state index is 13.0. The summed E-state index contributed by atoms with van der Waals surface area (Å²) >= 11 is 1.53. The fourth-order valence-electron chi connectivity index (χ4n) is 4.04. The van der Waals surface area contributed by atoms with E-state index in [9.17, 15) is 9.18 Å². The summed E-state index contributed by atoms with van der Waals surface area (Å²) in [7, 11) is 0. The molecule has 1 saturated heterocycles. The van der Waals surface area contributed by atoms with Crippen molar-refractivity contribution in [1.82, 2.24) is 19.9 Å². The van der Waals surface area contributed by atoms with E-state index in [1.54, 1.807) is 0 Å². The van der Waals surface area contributed by atoms with Crippen LogP contribution in [0.5, 0.6) is 5.19 Å². The van der Waals surface area contributed by atoms with Gasteiger partial charge in [-0.1, -0.05) is 23.5 Å². The number of nitrogens with zero attached hydrogens (tertiary/aromatic N) is 5. The van der Waals surface area contributed by atoms with E-state index in [0.29, 0.717) is 30.7 Å². The van der Waals surface area contributed by atoms with Gasteiger partial charge in [-0.15, -0.1) is 0 Å². The molecule has 2 aromatic heterocycles. The van der Waals surface area contributed by atoms with Crippen molar-refractivity contribution in [2.75, 3.05) is 31.1 Å². The van der Waals surface area contributed by atoms with Crippen molar-refractivity contribution in [3.05, 3.63) is 48.0 Å². The molecule has 0 saturated carbocycles. The number of rotatable bonds is 4. The molecule has 1 amide bonds. The molecule has 0 aliphatic carbocycles. The second-order valence-electron chi connectivity index (χ2n) is 7.88. The van der Waals surface area contributed by atoms with Crippen LogP contribution in [0.15, 0.2) is 36.7 Å². The van der Waals surface area contributed by atoms with E-state index >= 15 is 0 Å². The number of halogens is 1. The fraction of sp³-hybridized carbons (Fsp3) is 0.364. The monoisotopic (exact) mass is 455 g/mol. The minimum atomic E-state index is -0.879. The van der Waals surface area contributed by atoms with Crippen LogP contribution >= 0.6 is 11.3 Å². The first kappa shape index (κ1) is 20.6. The van der Waals surface area contributed by atoms with Crippen LogP contribution in [-0.4, -0.2) is 63.3 Å². The Hall–Kier alpha value is -3.27. The average Bonchev–Trinajstić information content (AvgIpc) is 3.21. The van der Waals surface area contributed by atoms with Crippen molar-refractivity contribution in [3.63, 3.8) is 0 Å². The summed E-state index contributed by atoms with van der Waals surface area (Å²) in [6.07, 6.45) is 5.87. The number of anilines is 1. The SMILES string of the molecule is O=C(O)N1CC=C(c2ccc3nc(OC4CCN(c5ncc(F)cn5)CC4)sc3c2)CC1. The highest BCUT2D eigenvalue weighted by atomic mass is 32.1. The number of carboxylic acid groups (broad SMARTS) is 1. The molecule has 0 radical (unpaired) electrons. The summed E-state index contributed by atoms with van der Waals surface area (Å²) in [5.41, 5.74) is 3.16. The van der Waals surface area contributed by atoms with Crippen molar-refractivity contribution in [2.24, 2.45) is 0 Å². The molecule has 0 bridgehead atoms. The molecule has 10 heteroatoms. The van der Waals surface area contributed by atoms with Crippen LogP contribution in [0.1, 0.15) is 24.8 Å². The third kappa shape index (κ3) is 4.36. The van der Waals surface area contributed by atoms with Gasteiger partial charge < -0.3 is 19.6 Å². The lowest BCUT2D eigenvalue weighted by molar-refractivity contribution is 0.150. The summed E-state index contributed by atoms with van der Waals surface area (Å²) < 4.78 is 20.2. The molecule has 2 aliphatic heterocycles. The first-order chi connectivity index (χ1) is 15.5. The third-order valence-electron chi connectivity index (χ3n) is 5.82. The molecular formula is C22H22FN5O3S. The number of piperidine rings is 1. The first-order valence-corrected chi connectivity index (χ1v) is 11.3. The van der Waals surface area contributed by atoms with Crippen LogP contribution in [0.3, 0.4) is 0 Å². The molecule has 2 aliphatic rings. The van der Waals surface area contributed by atoms with E-state index in [1.165, 1.54) is 28.6 Å². The van der Waals surface area contributed by atoms with Gasteiger partial charge in [-0.05, 0) is 29.7 Å². The molecule has 166 valence electrons. The molecule has 1 aromatic carbocycles. The van der Waals surface area contributed by atoms with Gasteiger partial charge in [0.1, 0.15) is 6.10 Å². The quantitative estimate of drug-likeness (QED) is 0.635. The Morgan fingerprint density at radius 2 is 1.97 bits per heavy atom. The number of thiazole rings is 1. The predicted octanol–water partition coefficient (Wildman–Crippen LogP) is 4.04. The average molecular weight is 456 g/mol. The Bertz CT molecular complexity index is 1160. The van der Waals surface area contributed by atoms with E-state index < -0.39 is 11.9 Å². The number of hydrogen-bond acceptors (Lipinski definition) is 7. The first-order valence-electron chi connectivity index (χ1n) is 10.5. The molecule has 1 N–H and O–H groups in total. The minimum absolute atomic E-state index is 0.0646. The van der Waals surface area contributed by atoms with Crippen molar-refractivity contribution in [1.29, 1.82) is 0 Å². The van der Waals surface area contributed by atoms with Crippen LogP contribution in [0.25, 0.3) is 15.8 Å². The second-order valence-corrected chi connectivity index (χ2v) is 8.87. The summed E-state index contributed by atoms with van der Waals surface area (Å²) in [6.45, 7) is 2.42. The standard InChI is InChI=1S/C22H22FN5O3S/c23-16-12-24-20(25-13-16)27-9-5-17(6-10-27)31-21-26-18-2-1-15(11-19(18)32-21)14-3-7-28(8-4-14)22(29)30/h1-3,11-13,17H,4-10H2,(H,29,30). The minimum Gasteiger partial charge on any atom is -0.467 e.